The molecule has 5 heteroatoms. The lowest BCUT2D eigenvalue weighted by atomic mass is 10.2. The normalized spacial score (nSPS) is 10.6. The van der Waals surface area contributed by atoms with Gasteiger partial charge in [-0.2, -0.15) is 5.10 Å². The van der Waals surface area contributed by atoms with Crippen LogP contribution in [0.15, 0.2) is 30.7 Å². The first-order valence-electron chi connectivity index (χ1n) is 6.67. The standard InChI is InChI=1S/C14H20N4O/c1-3-6-15-9-12-5-7-16-14(8-12)19-13-10-17-18(4-2)11-13/h5,7-8,10-11,15H,3-4,6,9H2,1-2H3. The number of aromatic nitrogens is 3. The van der Waals surface area contributed by atoms with E-state index in [2.05, 4.69) is 22.3 Å². The first kappa shape index (κ1) is 13.5. The van der Waals surface area contributed by atoms with Gasteiger partial charge in [0.05, 0.1) is 12.4 Å². The van der Waals surface area contributed by atoms with Gasteiger partial charge in [-0.1, -0.05) is 6.92 Å². The predicted octanol–water partition coefficient (Wildman–Crippen LogP) is 2.59. The maximum Gasteiger partial charge on any atom is 0.219 e. The fourth-order valence-corrected chi connectivity index (χ4v) is 1.72. The molecule has 2 aromatic rings. The number of hydrogen-bond donors (Lipinski definition) is 1. The number of nitrogens with zero attached hydrogens (tertiary/aromatic N) is 3. The molecular formula is C14H20N4O. The quantitative estimate of drug-likeness (QED) is 0.777. The van der Waals surface area contributed by atoms with Crippen molar-refractivity contribution in [3.63, 3.8) is 0 Å². The molecule has 0 aromatic carbocycles. The van der Waals surface area contributed by atoms with Gasteiger partial charge in [0.25, 0.3) is 0 Å². The third kappa shape index (κ3) is 4.06. The van der Waals surface area contributed by atoms with Crippen molar-refractivity contribution in [2.75, 3.05) is 6.54 Å². The van der Waals surface area contributed by atoms with Crippen LogP contribution in [0, 0.1) is 0 Å². The van der Waals surface area contributed by atoms with Gasteiger partial charge in [-0.15, -0.1) is 0 Å². The van der Waals surface area contributed by atoms with Gasteiger partial charge in [-0.3, -0.25) is 4.68 Å². The van der Waals surface area contributed by atoms with E-state index in [9.17, 15) is 0 Å². The Labute approximate surface area is 113 Å². The van der Waals surface area contributed by atoms with Gasteiger partial charge in [0, 0.05) is 25.4 Å². The van der Waals surface area contributed by atoms with Crippen LogP contribution in [0.1, 0.15) is 25.8 Å². The lowest BCUT2D eigenvalue weighted by Gasteiger charge is -2.05. The summed E-state index contributed by atoms with van der Waals surface area (Å²) in [6.45, 7) is 6.87. The number of rotatable bonds is 7. The Morgan fingerprint density at radius 3 is 3.00 bits per heavy atom. The average Bonchev–Trinajstić information content (AvgIpc) is 2.87. The SMILES string of the molecule is CCCNCc1ccnc(Oc2cnn(CC)c2)c1. The summed E-state index contributed by atoms with van der Waals surface area (Å²) in [6, 6.07) is 3.94. The molecule has 0 amide bonds. The minimum atomic E-state index is 0.603. The molecule has 102 valence electrons. The molecule has 0 fully saturated rings. The van der Waals surface area contributed by atoms with Crippen molar-refractivity contribution in [1.82, 2.24) is 20.1 Å². The summed E-state index contributed by atoms with van der Waals surface area (Å²) in [7, 11) is 0. The minimum Gasteiger partial charge on any atom is -0.436 e. The van der Waals surface area contributed by atoms with Gasteiger partial charge < -0.3 is 10.1 Å². The Bertz CT molecular complexity index is 510. The summed E-state index contributed by atoms with van der Waals surface area (Å²) in [6.07, 6.45) is 6.46. The number of hydrogen-bond acceptors (Lipinski definition) is 4. The van der Waals surface area contributed by atoms with Gasteiger partial charge in [-0.05, 0) is 31.5 Å². The van der Waals surface area contributed by atoms with Crippen LogP contribution in [0.5, 0.6) is 11.6 Å². The molecule has 2 heterocycles. The van der Waals surface area contributed by atoms with Gasteiger partial charge in [-0.25, -0.2) is 4.98 Å². The van der Waals surface area contributed by atoms with E-state index in [0.29, 0.717) is 11.6 Å². The molecular weight excluding hydrogens is 240 g/mol. The van der Waals surface area contributed by atoms with E-state index in [1.54, 1.807) is 12.4 Å². The van der Waals surface area contributed by atoms with Crippen LogP contribution in [-0.2, 0) is 13.1 Å². The zero-order valence-electron chi connectivity index (χ0n) is 11.5. The van der Waals surface area contributed by atoms with Crippen LogP contribution in [0.3, 0.4) is 0 Å². The monoisotopic (exact) mass is 260 g/mol. The zero-order valence-corrected chi connectivity index (χ0v) is 11.5. The molecule has 0 bridgehead atoms. The van der Waals surface area contributed by atoms with Crippen LogP contribution < -0.4 is 10.1 Å². The summed E-state index contributed by atoms with van der Waals surface area (Å²) >= 11 is 0. The summed E-state index contributed by atoms with van der Waals surface area (Å²) in [5.74, 6) is 1.32. The van der Waals surface area contributed by atoms with Crippen LogP contribution in [0.25, 0.3) is 0 Å². The molecule has 0 spiro atoms. The molecule has 0 radical (unpaired) electrons. The largest absolute Gasteiger partial charge is 0.436 e. The van der Waals surface area contributed by atoms with E-state index in [1.165, 1.54) is 5.56 Å². The van der Waals surface area contributed by atoms with Gasteiger partial charge in [0.1, 0.15) is 0 Å². The maximum absolute atomic E-state index is 5.69. The van der Waals surface area contributed by atoms with Gasteiger partial charge in [0.2, 0.25) is 5.88 Å². The van der Waals surface area contributed by atoms with Crippen molar-refractivity contribution in [1.29, 1.82) is 0 Å². The lowest BCUT2D eigenvalue weighted by molar-refractivity contribution is 0.460. The molecule has 2 aromatic heterocycles. The second-order valence-electron chi connectivity index (χ2n) is 4.31. The Hall–Kier alpha value is -1.88. The maximum atomic E-state index is 5.69. The van der Waals surface area contributed by atoms with E-state index in [1.807, 2.05) is 29.9 Å². The third-order valence-electron chi connectivity index (χ3n) is 2.71. The average molecular weight is 260 g/mol. The highest BCUT2D eigenvalue weighted by molar-refractivity contribution is 5.25. The van der Waals surface area contributed by atoms with Crippen LogP contribution >= 0.6 is 0 Å². The second-order valence-corrected chi connectivity index (χ2v) is 4.31. The van der Waals surface area contributed by atoms with Crippen molar-refractivity contribution in [2.24, 2.45) is 0 Å². The number of ether oxygens (including phenoxy) is 1. The van der Waals surface area contributed by atoms with Crippen LogP contribution in [0.2, 0.25) is 0 Å². The predicted molar refractivity (Wildman–Crippen MR) is 74.2 cm³/mol. The minimum absolute atomic E-state index is 0.603. The molecule has 0 saturated carbocycles. The van der Waals surface area contributed by atoms with Crippen molar-refractivity contribution in [3.05, 3.63) is 36.3 Å². The van der Waals surface area contributed by atoms with Crippen LogP contribution in [0.4, 0.5) is 0 Å². The molecule has 2 rings (SSSR count). The smallest absolute Gasteiger partial charge is 0.219 e. The molecule has 0 saturated heterocycles. The topological polar surface area (TPSA) is 52.0 Å². The fraction of sp³-hybridized carbons (Fsp3) is 0.429. The van der Waals surface area contributed by atoms with E-state index in [4.69, 9.17) is 4.74 Å². The van der Waals surface area contributed by atoms with E-state index < -0.39 is 0 Å². The van der Waals surface area contributed by atoms with E-state index in [0.717, 1.165) is 26.1 Å². The highest BCUT2D eigenvalue weighted by Gasteiger charge is 2.02. The molecule has 0 aliphatic carbocycles. The fourth-order valence-electron chi connectivity index (χ4n) is 1.72. The van der Waals surface area contributed by atoms with Crippen molar-refractivity contribution in [2.45, 2.75) is 33.4 Å². The Morgan fingerprint density at radius 1 is 1.37 bits per heavy atom. The zero-order chi connectivity index (χ0) is 13.5. The van der Waals surface area contributed by atoms with Crippen molar-refractivity contribution >= 4 is 0 Å². The number of pyridine rings is 1. The summed E-state index contributed by atoms with van der Waals surface area (Å²) in [5.41, 5.74) is 1.17. The second kappa shape index (κ2) is 6.89. The Balaban J connectivity index is 1.98. The molecule has 0 atom stereocenters. The number of aryl methyl sites for hydroxylation is 1. The van der Waals surface area contributed by atoms with Gasteiger partial charge >= 0.3 is 0 Å². The van der Waals surface area contributed by atoms with Gasteiger partial charge in [0.15, 0.2) is 5.75 Å². The molecule has 0 unspecified atom stereocenters. The molecule has 5 nitrogen and oxygen atoms in total. The Kier molecular flexibility index (Phi) is 4.92. The third-order valence-corrected chi connectivity index (χ3v) is 2.71. The first-order valence-corrected chi connectivity index (χ1v) is 6.67. The molecule has 0 aliphatic heterocycles. The van der Waals surface area contributed by atoms with E-state index in [-0.39, 0.29) is 0 Å². The summed E-state index contributed by atoms with van der Waals surface area (Å²) < 4.78 is 7.51. The van der Waals surface area contributed by atoms with Crippen molar-refractivity contribution < 1.29 is 4.74 Å². The van der Waals surface area contributed by atoms with Crippen LogP contribution in [-0.4, -0.2) is 21.3 Å². The van der Waals surface area contributed by atoms with Crippen molar-refractivity contribution in [3.8, 4) is 11.6 Å². The highest BCUT2D eigenvalue weighted by atomic mass is 16.5. The Morgan fingerprint density at radius 2 is 2.26 bits per heavy atom. The summed E-state index contributed by atoms with van der Waals surface area (Å²) in [4.78, 5) is 4.21. The lowest BCUT2D eigenvalue weighted by Crippen LogP contribution is -2.13. The number of nitrogens with one attached hydrogen (secondary N) is 1. The molecule has 0 aliphatic rings. The molecule has 1 N–H and O–H groups in total. The summed E-state index contributed by atoms with van der Waals surface area (Å²) in [5, 5.41) is 7.52. The highest BCUT2D eigenvalue weighted by Crippen LogP contribution is 2.19. The first-order chi connectivity index (χ1) is 9.31. The van der Waals surface area contributed by atoms with E-state index >= 15 is 0 Å². The molecule has 19 heavy (non-hydrogen) atoms.